The average Bonchev–Trinajstić information content (AvgIpc) is 2.49. The molecule has 3 heteroatoms. The number of piperidine rings is 1. The van der Waals surface area contributed by atoms with Gasteiger partial charge >= 0.3 is 0 Å². The van der Waals surface area contributed by atoms with Crippen molar-refractivity contribution in [3.05, 3.63) is 29.3 Å². The van der Waals surface area contributed by atoms with E-state index in [1.54, 1.807) is 7.11 Å². The van der Waals surface area contributed by atoms with Crippen molar-refractivity contribution in [2.45, 2.75) is 39.5 Å². The van der Waals surface area contributed by atoms with Gasteiger partial charge in [0.25, 0.3) is 0 Å². The number of aryl methyl sites for hydroxylation is 1. The Morgan fingerprint density at radius 1 is 1.27 bits per heavy atom. The highest BCUT2D eigenvalue weighted by Gasteiger charge is 2.28. The Balaban J connectivity index is 2.08. The number of benzene rings is 1. The molecule has 1 aromatic rings. The number of hydrogen-bond acceptors (Lipinski definition) is 3. The van der Waals surface area contributed by atoms with Crippen LogP contribution >= 0.6 is 0 Å². The van der Waals surface area contributed by atoms with Crippen LogP contribution in [0, 0.1) is 18.8 Å². The molecule has 0 aliphatic carbocycles. The summed E-state index contributed by atoms with van der Waals surface area (Å²) in [6.45, 7) is 11.1. The van der Waals surface area contributed by atoms with Crippen LogP contribution in [-0.4, -0.2) is 38.2 Å². The first-order valence-corrected chi connectivity index (χ1v) is 8.62. The molecule has 0 spiro atoms. The number of rotatable bonds is 6. The summed E-state index contributed by atoms with van der Waals surface area (Å²) in [7, 11) is 1.76. The maximum absolute atomic E-state index is 6.16. The lowest BCUT2D eigenvalue weighted by Gasteiger charge is -2.37. The van der Waals surface area contributed by atoms with Crippen molar-refractivity contribution in [2.24, 2.45) is 17.6 Å². The largest absolute Gasteiger partial charge is 0.496 e. The van der Waals surface area contributed by atoms with Crippen molar-refractivity contribution in [3.8, 4) is 5.75 Å². The Hall–Kier alpha value is -1.06. The molecule has 1 aliphatic heterocycles. The Morgan fingerprint density at radius 3 is 2.50 bits per heavy atom. The van der Waals surface area contributed by atoms with E-state index >= 15 is 0 Å². The minimum absolute atomic E-state index is 0.413. The molecular formula is C19H32N2O. The van der Waals surface area contributed by atoms with Crippen LogP contribution in [-0.2, 0) is 0 Å². The first-order chi connectivity index (χ1) is 10.5. The number of nitrogens with two attached hydrogens (primary N) is 1. The summed E-state index contributed by atoms with van der Waals surface area (Å²) in [4.78, 5) is 2.60. The summed E-state index contributed by atoms with van der Waals surface area (Å²) in [5.74, 6) is 2.82. The zero-order valence-corrected chi connectivity index (χ0v) is 14.6. The summed E-state index contributed by atoms with van der Waals surface area (Å²) in [5, 5.41) is 0. The summed E-state index contributed by atoms with van der Waals surface area (Å²) < 4.78 is 5.58. The Kier molecular flexibility index (Phi) is 6.27. The Morgan fingerprint density at radius 2 is 1.95 bits per heavy atom. The van der Waals surface area contributed by atoms with Gasteiger partial charge in [0.05, 0.1) is 7.11 Å². The van der Waals surface area contributed by atoms with Crippen molar-refractivity contribution >= 4 is 0 Å². The second-order valence-electron chi connectivity index (χ2n) is 7.12. The lowest BCUT2D eigenvalue weighted by molar-refractivity contribution is 0.154. The standard InChI is InChI=1S/C19H32N2O/c1-14(2)13-21-9-7-16(8-10-21)18(12-20)17-11-15(3)5-6-19(17)22-4/h5-6,11,14,16,18H,7-10,12-13,20H2,1-4H3. The molecule has 0 amide bonds. The fraction of sp³-hybridized carbons (Fsp3) is 0.684. The van der Waals surface area contributed by atoms with Crippen LogP contribution in [0.3, 0.4) is 0 Å². The third kappa shape index (κ3) is 4.23. The zero-order valence-electron chi connectivity index (χ0n) is 14.6. The summed E-state index contributed by atoms with van der Waals surface area (Å²) in [6, 6.07) is 6.46. The van der Waals surface area contributed by atoms with E-state index in [0.29, 0.717) is 18.4 Å². The maximum atomic E-state index is 6.16. The number of ether oxygens (including phenoxy) is 1. The molecular weight excluding hydrogens is 272 g/mol. The van der Waals surface area contributed by atoms with Gasteiger partial charge in [0.1, 0.15) is 5.75 Å². The maximum Gasteiger partial charge on any atom is 0.122 e. The SMILES string of the molecule is COc1ccc(C)cc1C(CN)C1CCN(CC(C)C)CC1. The van der Waals surface area contributed by atoms with Gasteiger partial charge in [-0.05, 0) is 62.9 Å². The molecule has 1 unspecified atom stereocenters. The van der Waals surface area contributed by atoms with Crippen molar-refractivity contribution in [1.29, 1.82) is 0 Å². The molecule has 2 N–H and O–H groups in total. The molecule has 1 fully saturated rings. The predicted molar refractivity (Wildman–Crippen MR) is 93.5 cm³/mol. The van der Waals surface area contributed by atoms with E-state index in [9.17, 15) is 0 Å². The molecule has 0 saturated carbocycles. The van der Waals surface area contributed by atoms with Crippen LogP contribution in [0.2, 0.25) is 0 Å². The van der Waals surface area contributed by atoms with Gasteiger partial charge in [0.2, 0.25) is 0 Å². The molecule has 1 atom stereocenters. The van der Waals surface area contributed by atoms with Crippen molar-refractivity contribution < 1.29 is 4.74 Å². The van der Waals surface area contributed by atoms with Crippen LogP contribution in [0.4, 0.5) is 0 Å². The molecule has 22 heavy (non-hydrogen) atoms. The van der Waals surface area contributed by atoms with E-state index in [2.05, 4.69) is 43.9 Å². The molecule has 1 heterocycles. The molecule has 0 aromatic heterocycles. The fourth-order valence-electron chi connectivity index (χ4n) is 3.77. The zero-order chi connectivity index (χ0) is 16.1. The molecule has 0 radical (unpaired) electrons. The van der Waals surface area contributed by atoms with Crippen LogP contribution in [0.25, 0.3) is 0 Å². The third-order valence-electron chi connectivity index (χ3n) is 4.86. The second-order valence-corrected chi connectivity index (χ2v) is 7.12. The lowest BCUT2D eigenvalue weighted by atomic mass is 9.79. The molecule has 1 aromatic carbocycles. The van der Waals surface area contributed by atoms with E-state index in [-0.39, 0.29) is 0 Å². The van der Waals surface area contributed by atoms with Gasteiger partial charge in [-0.2, -0.15) is 0 Å². The minimum atomic E-state index is 0.413. The van der Waals surface area contributed by atoms with Crippen molar-refractivity contribution in [2.75, 3.05) is 33.3 Å². The quantitative estimate of drug-likeness (QED) is 0.875. The first-order valence-electron chi connectivity index (χ1n) is 8.62. The van der Waals surface area contributed by atoms with Crippen LogP contribution in [0.5, 0.6) is 5.75 Å². The van der Waals surface area contributed by atoms with Crippen LogP contribution in [0.1, 0.15) is 43.7 Å². The fourth-order valence-corrected chi connectivity index (χ4v) is 3.77. The number of likely N-dealkylation sites (tertiary alicyclic amines) is 1. The molecule has 2 rings (SSSR count). The summed E-state index contributed by atoms with van der Waals surface area (Å²) in [5.41, 5.74) is 8.74. The molecule has 1 saturated heterocycles. The molecule has 1 aliphatic rings. The van der Waals surface area contributed by atoms with Gasteiger partial charge in [-0.3, -0.25) is 0 Å². The van der Waals surface area contributed by atoms with Crippen molar-refractivity contribution in [3.63, 3.8) is 0 Å². The van der Waals surface area contributed by atoms with E-state index in [0.717, 1.165) is 11.7 Å². The second kappa shape index (κ2) is 7.98. The highest BCUT2D eigenvalue weighted by molar-refractivity contribution is 5.40. The van der Waals surface area contributed by atoms with Gasteiger partial charge in [0.15, 0.2) is 0 Å². The normalized spacial score (nSPS) is 18.6. The number of methoxy groups -OCH3 is 1. The molecule has 124 valence electrons. The minimum Gasteiger partial charge on any atom is -0.496 e. The van der Waals surface area contributed by atoms with E-state index < -0.39 is 0 Å². The van der Waals surface area contributed by atoms with Crippen molar-refractivity contribution in [1.82, 2.24) is 4.90 Å². The van der Waals surface area contributed by atoms with Gasteiger partial charge in [-0.1, -0.05) is 31.5 Å². The van der Waals surface area contributed by atoms with E-state index in [4.69, 9.17) is 10.5 Å². The van der Waals surface area contributed by atoms with Gasteiger partial charge in [-0.25, -0.2) is 0 Å². The van der Waals surface area contributed by atoms with Crippen LogP contribution in [0.15, 0.2) is 18.2 Å². The number of hydrogen-bond donors (Lipinski definition) is 1. The lowest BCUT2D eigenvalue weighted by Crippen LogP contribution is -2.38. The Bertz CT molecular complexity index is 465. The summed E-state index contributed by atoms with van der Waals surface area (Å²) >= 11 is 0. The van der Waals surface area contributed by atoms with E-state index in [1.807, 2.05) is 0 Å². The van der Waals surface area contributed by atoms with Gasteiger partial charge < -0.3 is 15.4 Å². The summed E-state index contributed by atoms with van der Waals surface area (Å²) in [6.07, 6.45) is 2.48. The highest BCUT2D eigenvalue weighted by Crippen LogP contribution is 2.37. The number of nitrogens with zero attached hydrogens (tertiary/aromatic N) is 1. The third-order valence-corrected chi connectivity index (χ3v) is 4.86. The smallest absolute Gasteiger partial charge is 0.122 e. The molecule has 0 bridgehead atoms. The van der Waals surface area contributed by atoms with Gasteiger partial charge in [0, 0.05) is 12.5 Å². The predicted octanol–water partition coefficient (Wildman–Crippen LogP) is 3.41. The topological polar surface area (TPSA) is 38.5 Å². The molecule has 3 nitrogen and oxygen atoms in total. The van der Waals surface area contributed by atoms with Gasteiger partial charge in [-0.15, -0.1) is 0 Å². The average molecular weight is 304 g/mol. The Labute approximate surface area is 135 Å². The van der Waals surface area contributed by atoms with Crippen LogP contribution < -0.4 is 10.5 Å². The van der Waals surface area contributed by atoms with E-state index in [1.165, 1.54) is 43.6 Å². The highest BCUT2D eigenvalue weighted by atomic mass is 16.5. The monoisotopic (exact) mass is 304 g/mol. The first kappa shape index (κ1) is 17.3.